The first-order valence-electron chi connectivity index (χ1n) is 6.14. The number of aromatic nitrogens is 2. The van der Waals surface area contributed by atoms with E-state index in [1.165, 1.54) is 0 Å². The van der Waals surface area contributed by atoms with Crippen molar-refractivity contribution in [2.45, 2.75) is 32.4 Å². The smallest absolute Gasteiger partial charge is 0.0857 e. The maximum Gasteiger partial charge on any atom is 0.0857 e. The Morgan fingerprint density at radius 3 is 2.74 bits per heavy atom. The minimum absolute atomic E-state index is 0.323. The van der Waals surface area contributed by atoms with Gasteiger partial charge in [-0.2, -0.15) is 5.10 Å². The van der Waals surface area contributed by atoms with Crippen LogP contribution >= 0.6 is 27.5 Å². The van der Waals surface area contributed by atoms with Crippen LogP contribution in [0.5, 0.6) is 0 Å². The number of nitrogens with zero attached hydrogens (tertiary/aromatic N) is 2. The topological polar surface area (TPSA) is 38.0 Å². The second-order valence-corrected chi connectivity index (χ2v) is 6.06. The Morgan fingerprint density at radius 2 is 2.11 bits per heavy atom. The number of halogens is 2. The van der Waals surface area contributed by atoms with Crippen molar-refractivity contribution in [3.63, 3.8) is 0 Å². The monoisotopic (exact) mass is 342 g/mol. The lowest BCUT2D eigenvalue weighted by molar-refractivity contribution is 0.176. The summed E-state index contributed by atoms with van der Waals surface area (Å²) >= 11 is 9.39. The molecule has 1 aromatic carbocycles. The molecule has 2 aromatic rings. The Morgan fingerprint density at radius 1 is 1.37 bits per heavy atom. The first kappa shape index (κ1) is 14.6. The highest BCUT2D eigenvalue weighted by atomic mass is 79.9. The molecule has 5 heteroatoms. The van der Waals surface area contributed by atoms with Gasteiger partial charge in [0.25, 0.3) is 0 Å². The highest BCUT2D eigenvalue weighted by molar-refractivity contribution is 9.10. The van der Waals surface area contributed by atoms with E-state index in [0.29, 0.717) is 17.5 Å². The molecule has 102 valence electrons. The Labute approximate surface area is 126 Å². The van der Waals surface area contributed by atoms with Gasteiger partial charge in [0.2, 0.25) is 0 Å². The van der Waals surface area contributed by atoms with Gasteiger partial charge < -0.3 is 5.11 Å². The van der Waals surface area contributed by atoms with Crippen molar-refractivity contribution in [2.24, 2.45) is 0 Å². The van der Waals surface area contributed by atoms with E-state index in [0.717, 1.165) is 15.7 Å². The van der Waals surface area contributed by atoms with Gasteiger partial charge in [-0.05, 0) is 43.7 Å². The molecule has 1 N–H and O–H groups in total. The fourth-order valence-electron chi connectivity index (χ4n) is 1.85. The maximum absolute atomic E-state index is 10.3. The summed E-state index contributed by atoms with van der Waals surface area (Å²) in [6, 6.07) is 7.66. The SMILES string of the molecule is CC(C)n1ccc(CC(O)c2cc(Cl)ccc2Br)n1. The molecule has 2 rings (SSSR count). The predicted molar refractivity (Wildman–Crippen MR) is 80.4 cm³/mol. The third-order valence-electron chi connectivity index (χ3n) is 2.91. The van der Waals surface area contributed by atoms with Crippen molar-refractivity contribution in [3.8, 4) is 0 Å². The Balaban J connectivity index is 2.15. The van der Waals surface area contributed by atoms with Crippen LogP contribution in [0.4, 0.5) is 0 Å². The van der Waals surface area contributed by atoms with Gasteiger partial charge in [-0.1, -0.05) is 27.5 Å². The van der Waals surface area contributed by atoms with E-state index < -0.39 is 6.10 Å². The van der Waals surface area contributed by atoms with Gasteiger partial charge in [-0.25, -0.2) is 0 Å². The molecule has 3 nitrogen and oxygen atoms in total. The fraction of sp³-hybridized carbons (Fsp3) is 0.357. The van der Waals surface area contributed by atoms with E-state index in [9.17, 15) is 5.11 Å². The zero-order valence-electron chi connectivity index (χ0n) is 10.8. The molecule has 0 amide bonds. The summed E-state index contributed by atoms with van der Waals surface area (Å²) < 4.78 is 2.74. The van der Waals surface area contributed by atoms with Crippen LogP contribution in [0.25, 0.3) is 0 Å². The Kier molecular flexibility index (Phi) is 4.66. The Hall–Kier alpha value is -0.840. The molecule has 1 atom stereocenters. The van der Waals surface area contributed by atoms with Gasteiger partial charge in [0.05, 0.1) is 11.8 Å². The van der Waals surface area contributed by atoms with Crippen molar-refractivity contribution in [1.82, 2.24) is 9.78 Å². The number of rotatable bonds is 4. The lowest BCUT2D eigenvalue weighted by atomic mass is 10.1. The van der Waals surface area contributed by atoms with Gasteiger partial charge in [-0.3, -0.25) is 4.68 Å². The maximum atomic E-state index is 10.3. The van der Waals surface area contributed by atoms with Crippen molar-refractivity contribution in [3.05, 3.63) is 51.2 Å². The molecule has 0 saturated heterocycles. The Bertz CT molecular complexity index is 568. The molecule has 1 unspecified atom stereocenters. The van der Waals surface area contributed by atoms with Crippen LogP contribution in [-0.2, 0) is 6.42 Å². The second-order valence-electron chi connectivity index (χ2n) is 4.77. The van der Waals surface area contributed by atoms with Gasteiger partial charge in [-0.15, -0.1) is 0 Å². The first-order chi connectivity index (χ1) is 8.97. The lowest BCUT2D eigenvalue weighted by Gasteiger charge is -2.12. The summed E-state index contributed by atoms with van der Waals surface area (Å²) in [5, 5.41) is 15.3. The van der Waals surface area contributed by atoms with Crippen LogP contribution in [0.15, 0.2) is 34.9 Å². The minimum atomic E-state index is -0.622. The van der Waals surface area contributed by atoms with Crippen molar-refractivity contribution in [2.75, 3.05) is 0 Å². The molecule has 1 heterocycles. The molecule has 0 aliphatic heterocycles. The molecular formula is C14H16BrClN2O. The number of benzene rings is 1. The van der Waals surface area contributed by atoms with Crippen LogP contribution in [-0.4, -0.2) is 14.9 Å². The van der Waals surface area contributed by atoms with Gasteiger partial charge in [0, 0.05) is 28.2 Å². The number of hydrogen-bond donors (Lipinski definition) is 1. The highest BCUT2D eigenvalue weighted by Gasteiger charge is 2.14. The summed E-state index contributed by atoms with van der Waals surface area (Å²) in [5.41, 5.74) is 1.65. The zero-order valence-corrected chi connectivity index (χ0v) is 13.2. The molecular weight excluding hydrogens is 328 g/mol. The van der Waals surface area contributed by atoms with E-state index >= 15 is 0 Å². The van der Waals surface area contributed by atoms with Crippen LogP contribution in [0.1, 0.15) is 37.3 Å². The van der Waals surface area contributed by atoms with Crippen molar-refractivity contribution >= 4 is 27.5 Å². The molecule has 19 heavy (non-hydrogen) atoms. The van der Waals surface area contributed by atoms with Crippen LogP contribution in [0.3, 0.4) is 0 Å². The van der Waals surface area contributed by atoms with Gasteiger partial charge in [0.1, 0.15) is 0 Å². The molecule has 0 bridgehead atoms. The molecule has 0 aliphatic rings. The molecule has 1 aromatic heterocycles. The largest absolute Gasteiger partial charge is 0.388 e. The van der Waals surface area contributed by atoms with Crippen molar-refractivity contribution < 1.29 is 5.11 Å². The summed E-state index contributed by atoms with van der Waals surface area (Å²) in [5.74, 6) is 0. The van der Waals surface area contributed by atoms with E-state index in [4.69, 9.17) is 11.6 Å². The van der Waals surface area contributed by atoms with E-state index in [2.05, 4.69) is 34.9 Å². The highest BCUT2D eigenvalue weighted by Crippen LogP contribution is 2.28. The van der Waals surface area contributed by atoms with Gasteiger partial charge in [0.15, 0.2) is 0 Å². The number of hydrogen-bond acceptors (Lipinski definition) is 2. The number of aliphatic hydroxyl groups excluding tert-OH is 1. The number of aliphatic hydroxyl groups is 1. The van der Waals surface area contributed by atoms with Crippen LogP contribution < -0.4 is 0 Å². The second kappa shape index (κ2) is 6.07. The summed E-state index contributed by atoms with van der Waals surface area (Å²) in [6.07, 6.45) is 1.78. The average Bonchev–Trinajstić information content (AvgIpc) is 2.80. The van der Waals surface area contributed by atoms with E-state index in [1.54, 1.807) is 12.1 Å². The third kappa shape index (κ3) is 3.59. The summed E-state index contributed by atoms with van der Waals surface area (Å²) in [4.78, 5) is 0. The first-order valence-corrected chi connectivity index (χ1v) is 7.31. The van der Waals surface area contributed by atoms with Crippen LogP contribution in [0, 0.1) is 0 Å². The molecule has 0 radical (unpaired) electrons. The minimum Gasteiger partial charge on any atom is -0.388 e. The van der Waals surface area contributed by atoms with E-state index in [1.807, 2.05) is 23.0 Å². The molecule has 0 fully saturated rings. The molecule has 0 aliphatic carbocycles. The van der Waals surface area contributed by atoms with Gasteiger partial charge >= 0.3 is 0 Å². The average molecular weight is 344 g/mol. The van der Waals surface area contributed by atoms with Crippen molar-refractivity contribution in [1.29, 1.82) is 0 Å². The molecule has 0 saturated carbocycles. The quantitative estimate of drug-likeness (QED) is 0.905. The fourth-order valence-corrected chi connectivity index (χ4v) is 2.54. The summed E-state index contributed by atoms with van der Waals surface area (Å²) in [6.45, 7) is 4.14. The third-order valence-corrected chi connectivity index (χ3v) is 3.87. The standard InChI is InChI=1S/C14H16BrClN2O/c1-9(2)18-6-5-11(17-18)8-14(19)12-7-10(16)3-4-13(12)15/h3-7,9,14,19H,8H2,1-2H3. The van der Waals surface area contributed by atoms with E-state index in [-0.39, 0.29) is 0 Å². The summed E-state index contributed by atoms with van der Waals surface area (Å²) in [7, 11) is 0. The zero-order chi connectivity index (χ0) is 14.0. The lowest BCUT2D eigenvalue weighted by Crippen LogP contribution is -2.06. The van der Waals surface area contributed by atoms with Crippen LogP contribution in [0.2, 0.25) is 5.02 Å². The normalized spacial score (nSPS) is 12.9. The predicted octanol–water partition coefficient (Wildman–Crippen LogP) is 4.16. The molecule has 0 spiro atoms.